The first-order chi connectivity index (χ1) is 10.7. The lowest BCUT2D eigenvalue weighted by molar-refractivity contribution is 0.306. The van der Waals surface area contributed by atoms with Gasteiger partial charge in [0.2, 0.25) is 0 Å². The van der Waals surface area contributed by atoms with E-state index in [0.29, 0.717) is 6.61 Å². The van der Waals surface area contributed by atoms with Crippen molar-refractivity contribution in [3.63, 3.8) is 0 Å². The van der Waals surface area contributed by atoms with Gasteiger partial charge in [0.15, 0.2) is 0 Å². The third kappa shape index (κ3) is 5.22. The first-order valence-electron chi connectivity index (χ1n) is 8.47. The highest BCUT2D eigenvalue weighted by Gasteiger charge is 2.00. The van der Waals surface area contributed by atoms with E-state index in [1.54, 1.807) is 0 Å². The van der Waals surface area contributed by atoms with Gasteiger partial charge in [0.25, 0.3) is 0 Å². The van der Waals surface area contributed by atoms with Crippen LogP contribution in [-0.2, 0) is 13.0 Å². The highest BCUT2D eigenvalue weighted by atomic mass is 16.5. The van der Waals surface area contributed by atoms with Crippen LogP contribution in [0.1, 0.15) is 54.9 Å². The molecule has 2 rings (SSSR count). The van der Waals surface area contributed by atoms with Crippen molar-refractivity contribution in [1.82, 2.24) is 0 Å². The molecule has 0 radical (unpaired) electrons. The Labute approximate surface area is 135 Å². The van der Waals surface area contributed by atoms with Gasteiger partial charge in [-0.1, -0.05) is 56.5 Å². The van der Waals surface area contributed by atoms with E-state index in [1.165, 1.54) is 54.4 Å². The topological polar surface area (TPSA) is 9.23 Å². The predicted molar refractivity (Wildman–Crippen MR) is 94.5 cm³/mol. The van der Waals surface area contributed by atoms with E-state index >= 15 is 0 Å². The third-order valence-corrected chi connectivity index (χ3v) is 4.23. The molecule has 0 saturated carbocycles. The fourth-order valence-electron chi connectivity index (χ4n) is 2.53. The number of ether oxygens (including phenoxy) is 1. The van der Waals surface area contributed by atoms with Crippen LogP contribution in [0.15, 0.2) is 42.5 Å². The average molecular weight is 296 g/mol. The summed E-state index contributed by atoms with van der Waals surface area (Å²) in [4.78, 5) is 0. The fraction of sp³-hybridized carbons (Fsp3) is 0.429. The number of benzene rings is 2. The summed E-state index contributed by atoms with van der Waals surface area (Å²) in [5, 5.41) is 0. The molecule has 0 aromatic heterocycles. The Balaban J connectivity index is 1.82. The van der Waals surface area contributed by atoms with Crippen LogP contribution < -0.4 is 4.74 Å². The van der Waals surface area contributed by atoms with Crippen LogP contribution >= 0.6 is 0 Å². The van der Waals surface area contributed by atoms with Gasteiger partial charge >= 0.3 is 0 Å². The largest absolute Gasteiger partial charge is 0.489 e. The quantitative estimate of drug-likeness (QED) is 0.542. The number of rotatable bonds is 8. The smallest absolute Gasteiger partial charge is 0.120 e. The number of hydrogen-bond donors (Lipinski definition) is 0. The molecule has 1 heteroatoms. The molecule has 0 N–H and O–H groups in total. The lowest BCUT2D eigenvalue weighted by atomic mass is 10.0. The summed E-state index contributed by atoms with van der Waals surface area (Å²) in [6, 6.07) is 15.1. The van der Waals surface area contributed by atoms with Crippen molar-refractivity contribution in [1.29, 1.82) is 0 Å². The molecule has 0 fully saturated rings. The van der Waals surface area contributed by atoms with Crippen LogP contribution in [-0.4, -0.2) is 0 Å². The van der Waals surface area contributed by atoms with E-state index in [2.05, 4.69) is 57.2 Å². The molecule has 1 nitrogen and oxygen atoms in total. The van der Waals surface area contributed by atoms with Crippen molar-refractivity contribution in [3.8, 4) is 5.75 Å². The standard InChI is InChI=1S/C21H28O/c1-4-5-6-7-8-19-10-12-20(13-11-19)16-22-21-14-9-17(2)18(3)15-21/h9-15H,4-8,16H2,1-3H3. The zero-order valence-electron chi connectivity index (χ0n) is 14.2. The van der Waals surface area contributed by atoms with E-state index in [1.807, 2.05) is 6.07 Å². The molecule has 0 amide bonds. The van der Waals surface area contributed by atoms with Gasteiger partial charge in [-0.25, -0.2) is 0 Å². The van der Waals surface area contributed by atoms with E-state index in [4.69, 9.17) is 4.74 Å². The molecule has 0 spiro atoms. The lowest BCUT2D eigenvalue weighted by Crippen LogP contribution is -1.96. The summed E-state index contributed by atoms with van der Waals surface area (Å²) in [6.45, 7) is 7.14. The Kier molecular flexibility index (Phi) is 6.51. The van der Waals surface area contributed by atoms with Crippen LogP contribution in [0.3, 0.4) is 0 Å². The van der Waals surface area contributed by atoms with E-state index in [9.17, 15) is 0 Å². The minimum absolute atomic E-state index is 0.638. The van der Waals surface area contributed by atoms with Crippen molar-refractivity contribution in [2.75, 3.05) is 0 Å². The molecule has 0 aliphatic carbocycles. The monoisotopic (exact) mass is 296 g/mol. The van der Waals surface area contributed by atoms with Gasteiger partial charge in [0.1, 0.15) is 12.4 Å². The maximum absolute atomic E-state index is 5.88. The molecule has 2 aromatic rings. The Morgan fingerprint density at radius 2 is 1.50 bits per heavy atom. The molecule has 118 valence electrons. The predicted octanol–water partition coefficient (Wildman–Crippen LogP) is 6.01. The SMILES string of the molecule is CCCCCCc1ccc(COc2ccc(C)c(C)c2)cc1. The zero-order valence-corrected chi connectivity index (χ0v) is 14.2. The van der Waals surface area contributed by atoms with Crippen LogP contribution in [0.5, 0.6) is 5.75 Å². The van der Waals surface area contributed by atoms with Crippen molar-refractivity contribution in [2.45, 2.75) is 59.5 Å². The first kappa shape index (κ1) is 16.6. The second-order valence-corrected chi connectivity index (χ2v) is 6.16. The molecular formula is C21H28O. The van der Waals surface area contributed by atoms with Gasteiger partial charge < -0.3 is 4.74 Å². The maximum Gasteiger partial charge on any atom is 0.120 e. The van der Waals surface area contributed by atoms with Crippen LogP contribution in [0.2, 0.25) is 0 Å². The summed E-state index contributed by atoms with van der Waals surface area (Å²) >= 11 is 0. The zero-order chi connectivity index (χ0) is 15.8. The van der Waals surface area contributed by atoms with Gasteiger partial charge in [-0.2, -0.15) is 0 Å². The summed E-state index contributed by atoms with van der Waals surface area (Å²) < 4.78 is 5.88. The molecule has 0 saturated heterocycles. The number of aryl methyl sites for hydroxylation is 3. The van der Waals surface area contributed by atoms with Crippen LogP contribution in [0.4, 0.5) is 0 Å². The summed E-state index contributed by atoms with van der Waals surface area (Å²) in [7, 11) is 0. The van der Waals surface area contributed by atoms with Gasteiger partial charge in [-0.15, -0.1) is 0 Å². The molecule has 0 unspecified atom stereocenters. The molecule has 2 aromatic carbocycles. The van der Waals surface area contributed by atoms with Gasteiger partial charge in [0, 0.05) is 0 Å². The Bertz CT molecular complexity index is 569. The summed E-state index contributed by atoms with van der Waals surface area (Å²) in [5.41, 5.74) is 5.25. The molecule has 0 heterocycles. The van der Waals surface area contributed by atoms with Crippen LogP contribution in [0.25, 0.3) is 0 Å². The maximum atomic E-state index is 5.88. The van der Waals surface area contributed by atoms with Crippen molar-refractivity contribution in [2.24, 2.45) is 0 Å². The summed E-state index contributed by atoms with van der Waals surface area (Å²) in [5.74, 6) is 0.951. The van der Waals surface area contributed by atoms with E-state index in [0.717, 1.165) is 5.75 Å². The van der Waals surface area contributed by atoms with Crippen molar-refractivity contribution < 1.29 is 4.74 Å². The number of hydrogen-bond acceptors (Lipinski definition) is 1. The average Bonchev–Trinajstić information content (AvgIpc) is 2.54. The Morgan fingerprint density at radius 1 is 0.773 bits per heavy atom. The Hall–Kier alpha value is -1.76. The van der Waals surface area contributed by atoms with E-state index < -0.39 is 0 Å². The normalized spacial score (nSPS) is 10.7. The van der Waals surface area contributed by atoms with Crippen LogP contribution in [0, 0.1) is 13.8 Å². The molecule has 0 atom stereocenters. The van der Waals surface area contributed by atoms with Gasteiger partial charge in [-0.3, -0.25) is 0 Å². The van der Waals surface area contributed by atoms with E-state index in [-0.39, 0.29) is 0 Å². The highest BCUT2D eigenvalue weighted by Crippen LogP contribution is 2.18. The fourth-order valence-corrected chi connectivity index (χ4v) is 2.53. The molecule has 0 bridgehead atoms. The van der Waals surface area contributed by atoms with Gasteiger partial charge in [0.05, 0.1) is 0 Å². The van der Waals surface area contributed by atoms with Gasteiger partial charge in [-0.05, 0) is 61.1 Å². The van der Waals surface area contributed by atoms with Crippen molar-refractivity contribution >= 4 is 0 Å². The molecule has 0 aliphatic rings. The first-order valence-corrected chi connectivity index (χ1v) is 8.47. The minimum Gasteiger partial charge on any atom is -0.489 e. The summed E-state index contributed by atoms with van der Waals surface area (Å²) in [6.07, 6.45) is 6.48. The molecule has 22 heavy (non-hydrogen) atoms. The van der Waals surface area contributed by atoms with Crippen molar-refractivity contribution in [3.05, 3.63) is 64.7 Å². The molecular weight excluding hydrogens is 268 g/mol. The third-order valence-electron chi connectivity index (χ3n) is 4.23. The second-order valence-electron chi connectivity index (χ2n) is 6.16. The Morgan fingerprint density at radius 3 is 2.18 bits per heavy atom. The highest BCUT2D eigenvalue weighted by molar-refractivity contribution is 5.34. The lowest BCUT2D eigenvalue weighted by Gasteiger charge is -2.09. The molecule has 0 aliphatic heterocycles. The second kappa shape index (κ2) is 8.63. The minimum atomic E-state index is 0.638. The number of unbranched alkanes of at least 4 members (excludes halogenated alkanes) is 3.